The summed E-state index contributed by atoms with van der Waals surface area (Å²) in [4.78, 5) is 0. The van der Waals surface area contributed by atoms with E-state index in [0.717, 1.165) is 0 Å². The normalized spacial score (nSPS) is 0. The molecule has 0 aliphatic heterocycles. The van der Waals surface area contributed by atoms with Gasteiger partial charge >= 0.3 is 23.1 Å². The van der Waals surface area contributed by atoms with E-state index in [9.17, 15) is 0 Å². The minimum atomic E-state index is 0. The number of hydrogen-bond acceptors (Lipinski definition) is 0. The van der Waals surface area contributed by atoms with Crippen LogP contribution >= 0.6 is 0 Å². The van der Waals surface area contributed by atoms with E-state index in [1.165, 1.54) is 0 Å². The monoisotopic (exact) mass is 235 g/mol. The van der Waals surface area contributed by atoms with Crippen molar-refractivity contribution >= 4 is 40.4 Å². The van der Waals surface area contributed by atoms with Gasteiger partial charge in [-0.2, -0.15) is 0 Å². The van der Waals surface area contributed by atoms with Crippen LogP contribution in [-0.2, 0) is 53.9 Å². The fourth-order valence-electron chi connectivity index (χ4n) is 0. The molecule has 0 aliphatic carbocycles. The van der Waals surface area contributed by atoms with Crippen molar-refractivity contribution in [3.63, 3.8) is 0 Å². The Bertz CT molecular complexity index is 17.7. The van der Waals surface area contributed by atoms with Crippen LogP contribution in [0.3, 0.4) is 0 Å². The van der Waals surface area contributed by atoms with Crippen molar-refractivity contribution in [1.29, 1.82) is 0 Å². The first kappa shape index (κ1) is 43.8. The van der Waals surface area contributed by atoms with Crippen LogP contribution in [-0.4, -0.2) is 40.4 Å². The zero-order valence-electron chi connectivity index (χ0n) is 4.12. The van der Waals surface area contributed by atoms with Crippen LogP contribution < -0.4 is 0 Å². The molecule has 0 spiro atoms. The summed E-state index contributed by atoms with van der Waals surface area (Å²) in [6, 6.07) is 0. The van der Waals surface area contributed by atoms with E-state index < -0.39 is 0 Å². The molecule has 0 amide bonds. The van der Waals surface area contributed by atoms with Gasteiger partial charge in [0.15, 0.2) is 17.4 Å². The molecule has 0 aromatic carbocycles. The minimum Gasteiger partial charge on any atom is -1.00 e. The molecule has 0 aliphatic rings. The van der Waals surface area contributed by atoms with Crippen molar-refractivity contribution in [3.8, 4) is 0 Å². The zero-order valence-corrected chi connectivity index (χ0v) is 8.72. The van der Waals surface area contributed by atoms with Crippen molar-refractivity contribution in [2.45, 2.75) is 0 Å². The molecule has 5 heavy (non-hydrogen) atoms. The Kier molecular flexibility index (Phi) is 247. The molecule has 5 heteroatoms. The molecule has 0 N–H and O–H groups in total. The van der Waals surface area contributed by atoms with Gasteiger partial charge in [0.05, 0.1) is 0 Å². The summed E-state index contributed by atoms with van der Waals surface area (Å²) in [6.45, 7) is 0. The van der Waals surface area contributed by atoms with Crippen molar-refractivity contribution in [2.24, 2.45) is 0 Å². The third-order valence-electron chi connectivity index (χ3n) is 0. The van der Waals surface area contributed by atoms with E-state index in [2.05, 4.69) is 0 Å². The Morgan fingerprint density at radius 2 is 1.20 bits per heavy atom. The van der Waals surface area contributed by atoms with E-state index in [4.69, 9.17) is 0 Å². The Hall–Kier alpha value is 2.97. The molecular weight excluding hydrogens is 232 g/mol. The van der Waals surface area contributed by atoms with Crippen LogP contribution in [0, 0.1) is 0 Å². The summed E-state index contributed by atoms with van der Waals surface area (Å²) < 4.78 is 0. The molecular formula is H5AlCrCuMgZn. The molecule has 0 saturated carbocycles. The largest absolute Gasteiger partial charge is 2.00 e. The quantitative estimate of drug-likeness (QED) is 0.457. The zero-order chi connectivity index (χ0) is 0. The summed E-state index contributed by atoms with van der Waals surface area (Å²) >= 11 is 0. The number of rotatable bonds is 0. The van der Waals surface area contributed by atoms with Gasteiger partial charge in [0.1, 0.15) is 0 Å². The van der Waals surface area contributed by atoms with Crippen molar-refractivity contribution < 1.29 is 56.8 Å². The van der Waals surface area contributed by atoms with E-state index in [-0.39, 0.29) is 97.2 Å². The van der Waals surface area contributed by atoms with Crippen LogP contribution in [0.15, 0.2) is 0 Å². The second kappa shape index (κ2) is 28.1. The van der Waals surface area contributed by atoms with Crippen molar-refractivity contribution in [2.75, 3.05) is 0 Å². The Morgan fingerprint density at radius 3 is 1.20 bits per heavy atom. The van der Waals surface area contributed by atoms with Crippen LogP contribution in [0.5, 0.6) is 0 Å². The van der Waals surface area contributed by atoms with Crippen LogP contribution in [0.2, 0.25) is 0 Å². The smallest absolute Gasteiger partial charge is 1.00 e. The van der Waals surface area contributed by atoms with Crippen molar-refractivity contribution in [1.82, 2.24) is 0 Å². The Balaban J connectivity index is 0. The summed E-state index contributed by atoms with van der Waals surface area (Å²) in [7, 11) is 0. The molecule has 0 atom stereocenters. The van der Waals surface area contributed by atoms with Gasteiger partial charge in [-0.25, -0.2) is 0 Å². The van der Waals surface area contributed by atoms with E-state index >= 15 is 0 Å². The van der Waals surface area contributed by atoms with Gasteiger partial charge in [-0.05, 0) is 0 Å². The van der Waals surface area contributed by atoms with Crippen LogP contribution in [0.25, 0.3) is 0 Å². The second-order valence-electron chi connectivity index (χ2n) is 0. The predicted octanol–water partition coefficient (Wildman–Crippen LogP) is -1.35. The molecule has 0 aromatic heterocycles. The van der Waals surface area contributed by atoms with E-state index in [1.54, 1.807) is 0 Å². The molecule has 0 fully saturated rings. The second-order valence-corrected chi connectivity index (χ2v) is 0. The summed E-state index contributed by atoms with van der Waals surface area (Å²) in [6.07, 6.45) is 0. The molecule has 0 saturated heterocycles. The maximum absolute atomic E-state index is 0. The van der Waals surface area contributed by atoms with Crippen LogP contribution in [0.4, 0.5) is 0 Å². The van der Waals surface area contributed by atoms with E-state index in [1.807, 2.05) is 0 Å². The van der Waals surface area contributed by atoms with Crippen LogP contribution in [0.1, 0.15) is 2.85 Å². The first-order chi connectivity index (χ1) is 0. The third kappa shape index (κ3) is 19.5. The standard InChI is InChI=1S/Al.Cr.Cu.Mg.Zn.5H/q;;;+2;;;;;2*-1. The minimum absolute atomic E-state index is 0. The molecule has 1 radical (unpaired) electrons. The molecule has 0 nitrogen and oxygen atoms in total. The molecule has 0 unspecified atom stereocenters. The number of hydrogen-bond donors (Lipinski definition) is 0. The topological polar surface area (TPSA) is 0 Å². The molecule has 0 bridgehead atoms. The molecule has 29 valence electrons. The van der Waals surface area contributed by atoms with Gasteiger partial charge in [0.2, 0.25) is 0 Å². The summed E-state index contributed by atoms with van der Waals surface area (Å²) in [5, 5.41) is 0. The summed E-state index contributed by atoms with van der Waals surface area (Å²) in [5.74, 6) is 0. The average molecular weight is 237 g/mol. The van der Waals surface area contributed by atoms with Gasteiger partial charge in [0.25, 0.3) is 0 Å². The SMILES string of the molecule is [AlH3].[Cr].[Cu].[H-].[H-].[Mg+2].[Zn]. The fraction of sp³-hybridized carbons (Fsp3) is 0. The first-order valence-corrected chi connectivity index (χ1v) is 0. The molecule has 0 rings (SSSR count). The van der Waals surface area contributed by atoms with Gasteiger partial charge in [-0.1, -0.05) is 0 Å². The van der Waals surface area contributed by atoms with Crippen molar-refractivity contribution in [3.05, 3.63) is 0 Å². The third-order valence-corrected chi connectivity index (χ3v) is 0. The molecule has 0 heterocycles. The maximum Gasteiger partial charge on any atom is 2.00 e. The van der Waals surface area contributed by atoms with Gasteiger partial charge in [-0.15, -0.1) is 0 Å². The first-order valence-electron chi connectivity index (χ1n) is 0. The summed E-state index contributed by atoms with van der Waals surface area (Å²) in [5.41, 5.74) is 0. The van der Waals surface area contributed by atoms with E-state index in [0.29, 0.717) is 0 Å². The Labute approximate surface area is 95.8 Å². The maximum atomic E-state index is 0. The van der Waals surface area contributed by atoms with Gasteiger partial charge < -0.3 is 2.85 Å². The van der Waals surface area contributed by atoms with Gasteiger partial charge in [0, 0.05) is 53.9 Å². The average Bonchev–Trinajstić information content (AvgIpc) is 0. The Morgan fingerprint density at radius 1 is 1.20 bits per heavy atom. The fourth-order valence-corrected chi connectivity index (χ4v) is 0. The molecule has 0 aromatic rings. The predicted molar refractivity (Wildman–Crippen MR) is 17.9 cm³/mol. The van der Waals surface area contributed by atoms with Gasteiger partial charge in [-0.3, -0.25) is 0 Å².